The second kappa shape index (κ2) is 14.8. The third-order valence-corrected chi connectivity index (χ3v) is 0. The van der Waals surface area contributed by atoms with Gasteiger partial charge in [0.05, 0.1) is 0 Å². The van der Waals surface area contributed by atoms with Crippen molar-refractivity contribution in [1.82, 2.24) is 0 Å². The molecule has 0 aliphatic carbocycles. The van der Waals surface area contributed by atoms with Gasteiger partial charge < -0.3 is 4.74 Å². The molecule has 0 aromatic carbocycles. The number of hydrogen-bond acceptors (Lipinski definition) is 5. The molecule has 0 radical (unpaired) electrons. The van der Waals surface area contributed by atoms with Crippen molar-refractivity contribution in [2.24, 2.45) is 0 Å². The Morgan fingerprint density at radius 2 is 1.10 bits per heavy atom. The minimum absolute atomic E-state index is 0. The van der Waals surface area contributed by atoms with Gasteiger partial charge in [-0.25, -0.2) is 0 Å². The molecule has 0 N–H and O–H groups in total. The van der Waals surface area contributed by atoms with Crippen molar-refractivity contribution in [1.29, 1.82) is 0 Å². The van der Waals surface area contributed by atoms with Gasteiger partial charge in [0.25, 0.3) is 0 Å². The Morgan fingerprint density at radius 3 is 1.10 bits per heavy atom. The summed E-state index contributed by atoms with van der Waals surface area (Å²) in [6.07, 6.45) is 0. The molecule has 5 nitrogen and oxygen atoms in total. The molecule has 0 saturated heterocycles. The Labute approximate surface area is 147 Å². The van der Waals surface area contributed by atoms with E-state index in [4.69, 9.17) is 15.9 Å². The summed E-state index contributed by atoms with van der Waals surface area (Å²) in [6.45, 7) is 0. The summed E-state index contributed by atoms with van der Waals surface area (Å²) in [5, 5.41) is 0. The maximum absolute atomic E-state index is 8.59. The summed E-state index contributed by atoms with van der Waals surface area (Å²) in [6, 6.07) is 0. The zero-order valence-electron chi connectivity index (χ0n) is 6.45. The van der Waals surface area contributed by atoms with Gasteiger partial charge in [-0.05, 0) is 0 Å². The molecule has 0 amide bonds. The van der Waals surface area contributed by atoms with Crippen LogP contribution < -0.4 is 111 Å². The second-order valence-corrected chi connectivity index (χ2v) is 2.09. The van der Waals surface area contributed by atoms with E-state index in [0.29, 0.717) is 0 Å². The molecule has 0 heterocycles. The van der Waals surface area contributed by atoms with E-state index in [2.05, 4.69) is 4.74 Å². The Bertz CT molecular complexity index is 112. The van der Waals surface area contributed by atoms with Gasteiger partial charge in [-0.15, -0.1) is 0 Å². The molecule has 0 bridgehead atoms. The summed E-state index contributed by atoms with van der Waals surface area (Å²) >= 11 is -5.75. The van der Waals surface area contributed by atoms with E-state index in [1.165, 1.54) is 0 Å². The molecule has 0 saturated carbocycles. The zero-order chi connectivity index (χ0) is 7.21. The molecule has 8 heteroatoms. The standard InChI is InChI=1S/C2H6O.Cr.2K.4O/c1-3-2;;;;;;;/h1-2H3;;;;;;;/q;;2*+1;;;2*-1. The fourth-order valence-electron chi connectivity index (χ4n) is 0. The third kappa shape index (κ3) is 111. The van der Waals surface area contributed by atoms with Crippen LogP contribution in [0.15, 0.2) is 0 Å². The second-order valence-electron chi connectivity index (χ2n) is 0.816. The van der Waals surface area contributed by atoms with Crippen molar-refractivity contribution in [2.75, 3.05) is 14.2 Å². The molecule has 10 heavy (non-hydrogen) atoms. The number of methoxy groups -OCH3 is 1. The molecular formula is C2H6CrK2O5. The molecule has 0 aromatic heterocycles. The average Bonchev–Trinajstić information content (AvgIpc) is 1.27. The van der Waals surface area contributed by atoms with Gasteiger partial charge in [0.1, 0.15) is 0 Å². The van der Waals surface area contributed by atoms with E-state index in [1.54, 1.807) is 14.2 Å². The van der Waals surface area contributed by atoms with E-state index in [0.717, 1.165) is 0 Å². The molecule has 0 fully saturated rings. The summed E-state index contributed by atoms with van der Waals surface area (Å²) in [5.41, 5.74) is 0. The number of ether oxygens (including phenoxy) is 1. The minimum atomic E-state index is -5.75. The SMILES string of the molecule is COC.[K+].[K+].[O]=[Cr](=[O])([O-])[O-]. The normalized spacial score (nSPS) is 7.60. The molecule has 0 aliphatic heterocycles. The van der Waals surface area contributed by atoms with Crippen molar-refractivity contribution in [3.63, 3.8) is 0 Å². The molecule has 52 valence electrons. The van der Waals surface area contributed by atoms with Gasteiger partial charge in [-0.1, -0.05) is 0 Å². The Kier molecular flexibility index (Phi) is 34.4. The fourth-order valence-corrected chi connectivity index (χ4v) is 0. The van der Waals surface area contributed by atoms with Crippen LogP contribution in [0, 0.1) is 0 Å². The molecule has 0 spiro atoms. The summed E-state index contributed by atoms with van der Waals surface area (Å²) in [4.78, 5) is 0. The van der Waals surface area contributed by atoms with Crippen LogP contribution in [0.3, 0.4) is 0 Å². The van der Waals surface area contributed by atoms with E-state index < -0.39 is 13.6 Å². The molecular weight excluding hydrogens is 234 g/mol. The maximum atomic E-state index is 8.59. The van der Waals surface area contributed by atoms with Gasteiger partial charge >= 0.3 is 132 Å². The first-order chi connectivity index (χ1) is 3.41. The van der Waals surface area contributed by atoms with Gasteiger partial charge in [0.15, 0.2) is 0 Å². The van der Waals surface area contributed by atoms with Crippen LogP contribution in [0.1, 0.15) is 0 Å². The average molecular weight is 240 g/mol. The summed E-state index contributed by atoms with van der Waals surface area (Å²) in [5.74, 6) is 0. The Hall–Kier alpha value is 3.29. The van der Waals surface area contributed by atoms with Crippen LogP contribution in [-0.4, -0.2) is 14.2 Å². The molecule has 0 atom stereocenters. The van der Waals surface area contributed by atoms with Crippen LogP contribution in [0.4, 0.5) is 0 Å². The topological polar surface area (TPSA) is 89.5 Å². The predicted octanol–water partition coefficient (Wildman–Crippen LogP) is -8.35. The molecule has 0 aliphatic rings. The summed E-state index contributed by atoms with van der Waals surface area (Å²) in [7, 11) is 3.25. The predicted molar refractivity (Wildman–Crippen MR) is 14.3 cm³/mol. The van der Waals surface area contributed by atoms with Gasteiger partial charge in [-0.2, -0.15) is 0 Å². The van der Waals surface area contributed by atoms with Crippen LogP contribution in [-0.2, 0) is 26.0 Å². The van der Waals surface area contributed by atoms with Crippen molar-refractivity contribution < 1.29 is 137 Å². The van der Waals surface area contributed by atoms with Crippen molar-refractivity contribution in [2.45, 2.75) is 0 Å². The van der Waals surface area contributed by atoms with Crippen LogP contribution >= 0.6 is 0 Å². The molecule has 0 aromatic rings. The van der Waals surface area contributed by atoms with Crippen molar-refractivity contribution >= 4 is 0 Å². The quantitative estimate of drug-likeness (QED) is 0.392. The van der Waals surface area contributed by atoms with Crippen LogP contribution in [0.2, 0.25) is 0 Å². The van der Waals surface area contributed by atoms with Crippen molar-refractivity contribution in [3.05, 3.63) is 0 Å². The first-order valence-corrected chi connectivity index (χ1v) is 3.57. The first-order valence-electron chi connectivity index (χ1n) is 1.48. The third-order valence-electron chi connectivity index (χ3n) is 0. The van der Waals surface area contributed by atoms with Crippen LogP contribution in [0.5, 0.6) is 0 Å². The number of rotatable bonds is 0. The van der Waals surface area contributed by atoms with Gasteiger partial charge in [0.2, 0.25) is 0 Å². The monoisotopic (exact) mass is 240 g/mol. The number of hydrogen-bond donors (Lipinski definition) is 0. The van der Waals surface area contributed by atoms with E-state index in [-0.39, 0.29) is 103 Å². The first kappa shape index (κ1) is 23.3. The zero-order valence-corrected chi connectivity index (χ0v) is 14.0. The fraction of sp³-hybridized carbons (Fsp3) is 1.00. The van der Waals surface area contributed by atoms with E-state index in [9.17, 15) is 0 Å². The summed E-state index contributed by atoms with van der Waals surface area (Å²) < 4.78 is 38.6. The Balaban J connectivity index is -0.0000000326. The van der Waals surface area contributed by atoms with Crippen LogP contribution in [0.25, 0.3) is 0 Å². The van der Waals surface area contributed by atoms with Gasteiger partial charge in [-0.3, -0.25) is 0 Å². The molecule has 0 unspecified atom stereocenters. The van der Waals surface area contributed by atoms with E-state index in [1.807, 2.05) is 0 Å². The molecule has 0 rings (SSSR count). The Morgan fingerprint density at radius 1 is 1.10 bits per heavy atom. The van der Waals surface area contributed by atoms with Crippen molar-refractivity contribution in [3.8, 4) is 0 Å². The van der Waals surface area contributed by atoms with Gasteiger partial charge in [0, 0.05) is 14.2 Å². The van der Waals surface area contributed by atoms with E-state index >= 15 is 0 Å².